The molecule has 0 aliphatic rings. The second-order valence-electron chi connectivity index (χ2n) is 5.19. The fourth-order valence-electron chi connectivity index (χ4n) is 2.04. The molecule has 3 rings (SSSR count). The minimum atomic E-state index is -0.234. The monoisotopic (exact) mass is 485 g/mol. The maximum Gasteiger partial charge on any atom is 0.258 e. The predicted molar refractivity (Wildman–Crippen MR) is 108 cm³/mol. The maximum absolute atomic E-state index is 13.6. The number of carbonyl (C=O) groups is 1. The number of nitrogens with zero attached hydrogens (tertiary/aromatic N) is 2. The number of rotatable bonds is 5. The number of halogens is 2. The summed E-state index contributed by atoms with van der Waals surface area (Å²) >= 11 is 4.80. The highest BCUT2D eigenvalue weighted by molar-refractivity contribution is 14.1. The molecule has 1 aromatic heterocycles. The summed E-state index contributed by atoms with van der Waals surface area (Å²) < 4.78 is 15.2. The summed E-state index contributed by atoms with van der Waals surface area (Å²) in [6.07, 6.45) is 0. The van der Waals surface area contributed by atoms with Crippen molar-refractivity contribution in [1.29, 1.82) is 0 Å². The first-order valence-electron chi connectivity index (χ1n) is 7.30. The summed E-state index contributed by atoms with van der Waals surface area (Å²) in [4.78, 5) is 12.3. The lowest BCUT2D eigenvalue weighted by molar-refractivity contribution is 0.102. The first-order valence-corrected chi connectivity index (χ1v) is 10.2. The molecule has 3 aromatic rings. The number of carbonyl (C=O) groups excluding carboxylic acids is 1. The smallest absolute Gasteiger partial charge is 0.258 e. The third-order valence-electron chi connectivity index (χ3n) is 3.31. The van der Waals surface area contributed by atoms with Crippen molar-refractivity contribution >= 4 is 56.7 Å². The van der Waals surface area contributed by atoms with Crippen molar-refractivity contribution in [2.24, 2.45) is 0 Å². The highest BCUT2D eigenvalue weighted by atomic mass is 127. The van der Waals surface area contributed by atoms with Crippen molar-refractivity contribution in [2.45, 2.75) is 17.0 Å². The average molecular weight is 485 g/mol. The highest BCUT2D eigenvalue weighted by Gasteiger charge is 2.13. The summed E-state index contributed by atoms with van der Waals surface area (Å²) in [5.41, 5.74) is 2.31. The molecule has 0 saturated heterocycles. The Labute approximate surface area is 166 Å². The van der Waals surface area contributed by atoms with Crippen LogP contribution in [-0.2, 0) is 5.75 Å². The Bertz CT molecular complexity index is 916. The zero-order valence-corrected chi connectivity index (χ0v) is 16.9. The molecule has 0 unspecified atom stereocenters. The second kappa shape index (κ2) is 8.24. The number of hydrogen-bond donors (Lipinski definition) is 1. The normalized spacial score (nSPS) is 10.7. The third-order valence-corrected chi connectivity index (χ3v) is 6.22. The van der Waals surface area contributed by atoms with Crippen molar-refractivity contribution in [2.75, 3.05) is 5.32 Å². The van der Waals surface area contributed by atoms with Crippen LogP contribution >= 0.6 is 45.7 Å². The van der Waals surface area contributed by atoms with Gasteiger partial charge in [-0.1, -0.05) is 52.9 Å². The molecule has 2 aromatic carbocycles. The molecule has 8 heteroatoms. The van der Waals surface area contributed by atoms with Gasteiger partial charge < -0.3 is 0 Å². The lowest BCUT2D eigenvalue weighted by atomic mass is 10.1. The van der Waals surface area contributed by atoms with Crippen LogP contribution in [0.15, 0.2) is 46.8 Å². The van der Waals surface area contributed by atoms with Crippen LogP contribution in [0.3, 0.4) is 0 Å². The van der Waals surface area contributed by atoms with E-state index in [4.69, 9.17) is 0 Å². The quantitative estimate of drug-likeness (QED) is 0.309. The molecule has 1 heterocycles. The van der Waals surface area contributed by atoms with Crippen molar-refractivity contribution in [3.05, 3.63) is 68.5 Å². The Balaban J connectivity index is 1.63. The first kappa shape index (κ1) is 18.3. The van der Waals surface area contributed by atoms with E-state index in [0.29, 0.717) is 26.4 Å². The van der Waals surface area contributed by atoms with E-state index in [1.54, 1.807) is 24.3 Å². The van der Waals surface area contributed by atoms with Gasteiger partial charge in [-0.25, -0.2) is 4.39 Å². The molecule has 1 amide bonds. The fraction of sp³-hybridized carbons (Fsp3) is 0.118. The van der Waals surface area contributed by atoms with Gasteiger partial charge in [0.05, 0.1) is 5.56 Å². The Kier molecular flexibility index (Phi) is 6.02. The van der Waals surface area contributed by atoms with Gasteiger partial charge in [-0.2, -0.15) is 0 Å². The van der Waals surface area contributed by atoms with E-state index in [-0.39, 0.29) is 11.7 Å². The number of thioether (sulfide) groups is 1. The van der Waals surface area contributed by atoms with Gasteiger partial charge in [0.1, 0.15) is 5.82 Å². The average Bonchev–Trinajstić information content (AvgIpc) is 3.01. The molecule has 0 aliphatic heterocycles. The third kappa shape index (κ3) is 4.77. The van der Waals surface area contributed by atoms with Gasteiger partial charge in [0.15, 0.2) is 4.34 Å². The summed E-state index contributed by atoms with van der Waals surface area (Å²) in [6, 6.07) is 12.3. The van der Waals surface area contributed by atoms with Crippen LogP contribution in [0.1, 0.15) is 21.5 Å². The number of hydrogen-bond acceptors (Lipinski definition) is 5. The molecule has 0 fully saturated rings. The Morgan fingerprint density at radius 3 is 2.84 bits per heavy atom. The van der Waals surface area contributed by atoms with Crippen LogP contribution in [0.4, 0.5) is 9.52 Å². The zero-order valence-electron chi connectivity index (χ0n) is 13.1. The number of anilines is 1. The van der Waals surface area contributed by atoms with Gasteiger partial charge in [-0.15, -0.1) is 10.2 Å². The number of aryl methyl sites for hydroxylation is 1. The topological polar surface area (TPSA) is 54.9 Å². The molecule has 0 saturated carbocycles. The van der Waals surface area contributed by atoms with Crippen LogP contribution in [0.5, 0.6) is 0 Å². The van der Waals surface area contributed by atoms with Gasteiger partial charge >= 0.3 is 0 Å². The van der Waals surface area contributed by atoms with Crippen molar-refractivity contribution in [3.63, 3.8) is 0 Å². The molecule has 0 radical (unpaired) electrons. The highest BCUT2D eigenvalue weighted by Crippen LogP contribution is 2.29. The van der Waals surface area contributed by atoms with Crippen LogP contribution in [0.25, 0.3) is 0 Å². The van der Waals surface area contributed by atoms with E-state index in [1.165, 1.54) is 29.2 Å². The summed E-state index contributed by atoms with van der Waals surface area (Å²) in [5.74, 6) is 0.0127. The van der Waals surface area contributed by atoms with Gasteiger partial charge in [0.2, 0.25) is 5.13 Å². The molecule has 128 valence electrons. The number of amides is 1. The van der Waals surface area contributed by atoms with Crippen LogP contribution in [0.2, 0.25) is 0 Å². The standard InChI is InChI=1S/C17H13FIN3OS2/c1-10-6-7-12(14(19)8-10)15(23)20-16-21-22-17(25-16)24-9-11-4-2-3-5-13(11)18/h2-8H,9H2,1H3,(H,20,21,23). The van der Waals surface area contributed by atoms with Crippen molar-refractivity contribution < 1.29 is 9.18 Å². The van der Waals surface area contributed by atoms with E-state index >= 15 is 0 Å². The molecule has 25 heavy (non-hydrogen) atoms. The lowest BCUT2D eigenvalue weighted by Crippen LogP contribution is -2.13. The number of aromatic nitrogens is 2. The molecule has 4 nitrogen and oxygen atoms in total. The largest absolute Gasteiger partial charge is 0.296 e. The molecule has 0 atom stereocenters. The van der Waals surface area contributed by atoms with E-state index in [2.05, 4.69) is 38.1 Å². The molecule has 0 aliphatic carbocycles. The minimum Gasteiger partial charge on any atom is -0.296 e. The van der Waals surface area contributed by atoms with Crippen molar-refractivity contribution in [3.8, 4) is 0 Å². The van der Waals surface area contributed by atoms with Gasteiger partial charge in [-0.05, 0) is 53.3 Å². The second-order valence-corrected chi connectivity index (χ2v) is 8.55. The summed E-state index contributed by atoms with van der Waals surface area (Å²) in [5, 5.41) is 11.2. The SMILES string of the molecule is Cc1ccc(C(=O)Nc2nnc(SCc3ccccc3F)s2)c(I)c1. The fourth-order valence-corrected chi connectivity index (χ4v) is 4.69. The Hall–Kier alpha value is -1.52. The zero-order chi connectivity index (χ0) is 17.8. The molecule has 0 spiro atoms. The predicted octanol–water partition coefficient (Wildman–Crippen LogP) is 5.13. The van der Waals surface area contributed by atoms with E-state index in [1.807, 2.05) is 19.1 Å². The first-order chi connectivity index (χ1) is 12.0. The summed E-state index contributed by atoms with van der Waals surface area (Å²) in [6.45, 7) is 1.98. The van der Waals surface area contributed by atoms with E-state index in [0.717, 1.165) is 9.13 Å². The molecular formula is C17H13FIN3OS2. The van der Waals surface area contributed by atoms with Crippen LogP contribution in [-0.4, -0.2) is 16.1 Å². The number of nitrogens with one attached hydrogen (secondary N) is 1. The molecule has 1 N–H and O–H groups in total. The van der Waals surface area contributed by atoms with Crippen molar-refractivity contribution in [1.82, 2.24) is 10.2 Å². The van der Waals surface area contributed by atoms with Gasteiger partial charge in [-0.3, -0.25) is 10.1 Å². The molecule has 0 bridgehead atoms. The van der Waals surface area contributed by atoms with Gasteiger partial charge in [0, 0.05) is 9.32 Å². The Morgan fingerprint density at radius 1 is 1.28 bits per heavy atom. The minimum absolute atomic E-state index is 0.216. The van der Waals surface area contributed by atoms with Crippen LogP contribution < -0.4 is 5.32 Å². The van der Waals surface area contributed by atoms with Crippen LogP contribution in [0, 0.1) is 16.3 Å². The van der Waals surface area contributed by atoms with E-state index < -0.39 is 0 Å². The summed E-state index contributed by atoms with van der Waals surface area (Å²) in [7, 11) is 0. The molecular weight excluding hydrogens is 472 g/mol. The number of benzene rings is 2. The van der Waals surface area contributed by atoms with E-state index in [9.17, 15) is 9.18 Å². The van der Waals surface area contributed by atoms with Gasteiger partial charge in [0.25, 0.3) is 5.91 Å². The lowest BCUT2D eigenvalue weighted by Gasteiger charge is -2.04. The maximum atomic E-state index is 13.6. The Morgan fingerprint density at radius 2 is 2.08 bits per heavy atom.